The molecule has 0 spiro atoms. The van der Waals surface area contributed by atoms with E-state index in [0.717, 1.165) is 6.42 Å². The summed E-state index contributed by atoms with van der Waals surface area (Å²) < 4.78 is 0. The molecule has 0 aliphatic rings. The molecule has 6 heteroatoms. The number of benzene rings is 1. The fourth-order valence-corrected chi connectivity index (χ4v) is 1.76. The average Bonchev–Trinajstić information content (AvgIpc) is 2.37. The number of nitriles is 1. The minimum Gasteiger partial charge on any atom is -0.336 e. The Balaban J connectivity index is 2.98. The van der Waals surface area contributed by atoms with Crippen molar-refractivity contribution in [2.75, 3.05) is 0 Å². The zero-order valence-corrected chi connectivity index (χ0v) is 10.8. The number of nitro groups is 1. The fourth-order valence-electron chi connectivity index (χ4n) is 1.76. The maximum Gasteiger partial charge on any atom is 0.273 e. The molecule has 0 aliphatic carbocycles. The van der Waals surface area contributed by atoms with E-state index in [1.165, 1.54) is 25.1 Å². The third kappa shape index (κ3) is 3.52. The lowest BCUT2D eigenvalue weighted by Crippen LogP contribution is -2.34. The van der Waals surface area contributed by atoms with E-state index in [1.807, 2.05) is 13.0 Å². The summed E-state index contributed by atoms with van der Waals surface area (Å²) in [6.07, 6.45) is 1.32. The van der Waals surface area contributed by atoms with Gasteiger partial charge in [0, 0.05) is 17.2 Å². The first-order valence-corrected chi connectivity index (χ1v) is 5.95. The predicted molar refractivity (Wildman–Crippen MR) is 69.6 cm³/mol. The summed E-state index contributed by atoms with van der Waals surface area (Å²) in [6.45, 7) is 3.43. The molecule has 1 N–H and O–H groups in total. The number of carbonyl (C=O) groups excluding carboxylic acids is 1. The second kappa shape index (κ2) is 6.50. The lowest BCUT2D eigenvalue weighted by atomic mass is 10.1. The van der Waals surface area contributed by atoms with E-state index in [0.29, 0.717) is 12.0 Å². The van der Waals surface area contributed by atoms with E-state index < -0.39 is 16.9 Å². The standard InChI is InChI=1S/C13H15N3O3/c1-3-5-10(8-14)15-13(17)11-6-4-7-12(9(11)2)16(18)19/h4,6-7,10H,3,5H2,1-2H3,(H,15,17). The Kier molecular flexibility index (Phi) is 5.01. The molecule has 1 unspecified atom stereocenters. The van der Waals surface area contributed by atoms with Gasteiger partial charge in [0.15, 0.2) is 0 Å². The van der Waals surface area contributed by atoms with Crippen molar-refractivity contribution in [2.24, 2.45) is 0 Å². The van der Waals surface area contributed by atoms with Crippen LogP contribution >= 0.6 is 0 Å². The first-order valence-electron chi connectivity index (χ1n) is 5.95. The zero-order chi connectivity index (χ0) is 14.4. The van der Waals surface area contributed by atoms with Crippen LogP contribution in [0.1, 0.15) is 35.7 Å². The molecule has 1 amide bonds. The number of nitro benzene ring substituents is 1. The Morgan fingerprint density at radius 1 is 1.58 bits per heavy atom. The summed E-state index contributed by atoms with van der Waals surface area (Å²) in [5.74, 6) is -0.457. The molecule has 0 aromatic heterocycles. The van der Waals surface area contributed by atoms with Gasteiger partial charge in [0.2, 0.25) is 0 Å². The molecule has 0 fully saturated rings. The summed E-state index contributed by atoms with van der Waals surface area (Å²) >= 11 is 0. The quantitative estimate of drug-likeness (QED) is 0.649. The molecule has 1 aromatic carbocycles. The van der Waals surface area contributed by atoms with Gasteiger partial charge < -0.3 is 5.32 Å². The molecule has 1 rings (SSSR count). The smallest absolute Gasteiger partial charge is 0.273 e. The Morgan fingerprint density at radius 3 is 2.79 bits per heavy atom. The monoisotopic (exact) mass is 261 g/mol. The van der Waals surface area contributed by atoms with Crippen molar-refractivity contribution in [1.82, 2.24) is 5.32 Å². The van der Waals surface area contributed by atoms with Gasteiger partial charge in [0.05, 0.1) is 11.0 Å². The van der Waals surface area contributed by atoms with Crippen LogP contribution in [0.25, 0.3) is 0 Å². The number of hydrogen-bond acceptors (Lipinski definition) is 4. The van der Waals surface area contributed by atoms with E-state index in [2.05, 4.69) is 5.32 Å². The molecule has 1 aromatic rings. The zero-order valence-electron chi connectivity index (χ0n) is 10.8. The molecule has 0 bridgehead atoms. The number of nitrogens with zero attached hydrogens (tertiary/aromatic N) is 2. The molecule has 0 aliphatic heterocycles. The van der Waals surface area contributed by atoms with Gasteiger partial charge >= 0.3 is 0 Å². The number of hydrogen-bond donors (Lipinski definition) is 1. The fraction of sp³-hybridized carbons (Fsp3) is 0.385. The molecule has 0 saturated carbocycles. The molecule has 0 radical (unpaired) electrons. The Labute approximate surface area is 111 Å². The average molecular weight is 261 g/mol. The maximum absolute atomic E-state index is 12.0. The Bertz CT molecular complexity index is 534. The summed E-state index contributed by atoms with van der Waals surface area (Å²) in [4.78, 5) is 22.3. The molecule has 19 heavy (non-hydrogen) atoms. The van der Waals surface area contributed by atoms with Gasteiger partial charge in [0.1, 0.15) is 6.04 Å². The van der Waals surface area contributed by atoms with Crippen LogP contribution in [0.3, 0.4) is 0 Å². The summed E-state index contributed by atoms with van der Waals surface area (Å²) in [7, 11) is 0. The van der Waals surface area contributed by atoms with Crippen molar-refractivity contribution in [3.05, 3.63) is 39.4 Å². The van der Waals surface area contributed by atoms with Crippen molar-refractivity contribution in [3.63, 3.8) is 0 Å². The van der Waals surface area contributed by atoms with Crippen LogP contribution in [0.15, 0.2) is 18.2 Å². The highest BCUT2D eigenvalue weighted by Crippen LogP contribution is 2.21. The first-order chi connectivity index (χ1) is 9.01. The van der Waals surface area contributed by atoms with E-state index in [4.69, 9.17) is 5.26 Å². The molecule has 100 valence electrons. The summed E-state index contributed by atoms with van der Waals surface area (Å²) in [5.41, 5.74) is 0.431. The number of amides is 1. The first kappa shape index (κ1) is 14.6. The van der Waals surface area contributed by atoms with Crippen molar-refractivity contribution in [3.8, 4) is 6.07 Å². The highest BCUT2D eigenvalue weighted by atomic mass is 16.6. The van der Waals surface area contributed by atoms with Crippen LogP contribution in [0.2, 0.25) is 0 Å². The van der Waals surface area contributed by atoms with E-state index in [1.54, 1.807) is 0 Å². The highest BCUT2D eigenvalue weighted by molar-refractivity contribution is 5.96. The summed E-state index contributed by atoms with van der Waals surface area (Å²) in [6, 6.07) is 5.74. The van der Waals surface area contributed by atoms with Crippen molar-refractivity contribution < 1.29 is 9.72 Å². The lowest BCUT2D eigenvalue weighted by Gasteiger charge is -2.11. The van der Waals surface area contributed by atoms with E-state index in [9.17, 15) is 14.9 Å². The Morgan fingerprint density at radius 2 is 2.26 bits per heavy atom. The van der Waals surface area contributed by atoms with Crippen LogP contribution < -0.4 is 5.32 Å². The van der Waals surface area contributed by atoms with E-state index in [-0.39, 0.29) is 11.3 Å². The number of carbonyl (C=O) groups is 1. The molecular weight excluding hydrogens is 246 g/mol. The van der Waals surface area contributed by atoms with Gasteiger partial charge in [-0.05, 0) is 19.4 Å². The van der Waals surface area contributed by atoms with E-state index >= 15 is 0 Å². The van der Waals surface area contributed by atoms with Gasteiger partial charge in [-0.15, -0.1) is 0 Å². The Hall–Kier alpha value is -2.42. The topological polar surface area (TPSA) is 96.0 Å². The maximum atomic E-state index is 12.0. The van der Waals surface area contributed by atoms with Gasteiger partial charge in [0.25, 0.3) is 11.6 Å². The van der Waals surface area contributed by atoms with Crippen LogP contribution in [0.5, 0.6) is 0 Å². The molecule has 1 atom stereocenters. The highest BCUT2D eigenvalue weighted by Gasteiger charge is 2.19. The van der Waals surface area contributed by atoms with Gasteiger partial charge in [-0.25, -0.2) is 0 Å². The third-order valence-electron chi connectivity index (χ3n) is 2.79. The van der Waals surface area contributed by atoms with Crippen molar-refractivity contribution in [1.29, 1.82) is 5.26 Å². The van der Waals surface area contributed by atoms with Crippen molar-refractivity contribution in [2.45, 2.75) is 32.7 Å². The summed E-state index contributed by atoms with van der Waals surface area (Å²) in [5, 5.41) is 22.3. The van der Waals surface area contributed by atoms with Crippen LogP contribution in [-0.4, -0.2) is 16.9 Å². The molecule has 6 nitrogen and oxygen atoms in total. The van der Waals surface area contributed by atoms with Gasteiger partial charge in [-0.2, -0.15) is 5.26 Å². The van der Waals surface area contributed by atoms with Crippen LogP contribution in [0, 0.1) is 28.4 Å². The molecule has 0 heterocycles. The number of rotatable bonds is 5. The van der Waals surface area contributed by atoms with Crippen molar-refractivity contribution >= 4 is 11.6 Å². The second-order valence-corrected chi connectivity index (χ2v) is 4.15. The van der Waals surface area contributed by atoms with Gasteiger partial charge in [-0.1, -0.05) is 19.4 Å². The minimum atomic E-state index is -0.573. The third-order valence-corrected chi connectivity index (χ3v) is 2.79. The normalized spacial score (nSPS) is 11.4. The minimum absolute atomic E-state index is 0.100. The van der Waals surface area contributed by atoms with Crippen LogP contribution in [-0.2, 0) is 0 Å². The molecular formula is C13H15N3O3. The van der Waals surface area contributed by atoms with Gasteiger partial charge in [-0.3, -0.25) is 14.9 Å². The number of nitrogens with one attached hydrogen (secondary N) is 1. The molecule has 0 saturated heterocycles. The largest absolute Gasteiger partial charge is 0.336 e. The second-order valence-electron chi connectivity index (χ2n) is 4.15. The lowest BCUT2D eigenvalue weighted by molar-refractivity contribution is -0.385. The van der Waals surface area contributed by atoms with Crippen LogP contribution in [0.4, 0.5) is 5.69 Å². The predicted octanol–water partition coefficient (Wildman–Crippen LogP) is 2.33. The SMILES string of the molecule is CCCC(C#N)NC(=O)c1cccc([N+](=O)[O-])c1C.